The monoisotopic (exact) mass is 374 g/mol. The van der Waals surface area contributed by atoms with Gasteiger partial charge in [0.25, 0.3) is 0 Å². The molecule has 0 N–H and O–H groups in total. The molecule has 0 aromatic carbocycles. The maximum atomic E-state index is 5.67. The van der Waals surface area contributed by atoms with Crippen molar-refractivity contribution in [3.05, 3.63) is 38.6 Å². The third kappa shape index (κ3) is 2.48. The van der Waals surface area contributed by atoms with Crippen molar-refractivity contribution < 1.29 is 4.74 Å². The van der Waals surface area contributed by atoms with Crippen LogP contribution in [0.15, 0.2) is 30.2 Å². The van der Waals surface area contributed by atoms with E-state index in [9.17, 15) is 0 Å². The van der Waals surface area contributed by atoms with Gasteiger partial charge < -0.3 is 9.30 Å². The van der Waals surface area contributed by atoms with E-state index in [2.05, 4.69) is 49.8 Å². The lowest BCUT2D eigenvalue weighted by molar-refractivity contribution is 0.0402. The van der Waals surface area contributed by atoms with Crippen LogP contribution in [-0.4, -0.2) is 22.8 Å². The van der Waals surface area contributed by atoms with E-state index in [0.29, 0.717) is 12.0 Å². The van der Waals surface area contributed by atoms with Crippen LogP contribution in [0.3, 0.4) is 0 Å². The maximum Gasteiger partial charge on any atom is 0.0952 e. The first-order valence-corrected chi connectivity index (χ1v) is 8.10. The Morgan fingerprint density at radius 2 is 2.50 bits per heavy atom. The molecule has 1 aliphatic rings. The van der Waals surface area contributed by atoms with Crippen LogP contribution in [0.4, 0.5) is 0 Å². The summed E-state index contributed by atoms with van der Waals surface area (Å²) in [5, 5.41) is 2.17. The number of hydrogen-bond donors (Lipinski definition) is 0. The minimum atomic E-state index is 0.375. The first-order chi connectivity index (χ1) is 8.86. The van der Waals surface area contributed by atoms with Gasteiger partial charge in [-0.1, -0.05) is 0 Å². The van der Waals surface area contributed by atoms with Crippen molar-refractivity contribution in [1.82, 2.24) is 9.55 Å². The number of imidazole rings is 1. The van der Waals surface area contributed by atoms with Gasteiger partial charge in [-0.05, 0) is 46.9 Å². The molecular formula is C13H15IN2OS. The van der Waals surface area contributed by atoms with Crippen molar-refractivity contribution >= 4 is 33.9 Å². The Bertz CT molecular complexity index is 491. The molecule has 1 aliphatic heterocycles. The van der Waals surface area contributed by atoms with Crippen molar-refractivity contribution in [2.45, 2.75) is 18.9 Å². The van der Waals surface area contributed by atoms with E-state index in [0.717, 1.165) is 19.6 Å². The van der Waals surface area contributed by atoms with E-state index in [1.807, 2.05) is 23.9 Å². The fourth-order valence-electron chi connectivity index (χ4n) is 2.56. The molecule has 0 spiro atoms. The van der Waals surface area contributed by atoms with Gasteiger partial charge in [0.1, 0.15) is 0 Å². The molecule has 3 nitrogen and oxygen atoms in total. The standard InChI is InChI=1S/C13H15IN2OS/c14-11-3-7-18-13(11)12(16-5-4-15-9-16)10-2-1-6-17-8-10/h3-5,7,9-10,12H,1-2,6,8H2. The predicted molar refractivity (Wildman–Crippen MR) is 80.9 cm³/mol. The van der Waals surface area contributed by atoms with Gasteiger partial charge in [-0.15, -0.1) is 11.3 Å². The molecule has 2 unspecified atom stereocenters. The number of halogens is 1. The molecule has 3 rings (SSSR count). The molecule has 5 heteroatoms. The highest BCUT2D eigenvalue weighted by Crippen LogP contribution is 2.37. The Labute approximate surface area is 124 Å². The lowest BCUT2D eigenvalue weighted by atomic mass is 9.92. The second-order valence-corrected chi connectivity index (χ2v) is 6.67. The second kappa shape index (κ2) is 5.71. The van der Waals surface area contributed by atoms with Gasteiger partial charge in [-0.3, -0.25) is 0 Å². The number of nitrogens with zero attached hydrogens (tertiary/aromatic N) is 2. The molecule has 0 saturated carbocycles. The molecule has 1 saturated heterocycles. The van der Waals surface area contributed by atoms with Gasteiger partial charge in [0, 0.05) is 33.4 Å². The Morgan fingerprint density at radius 1 is 1.56 bits per heavy atom. The van der Waals surface area contributed by atoms with Crippen LogP contribution in [0.2, 0.25) is 0 Å². The first-order valence-electron chi connectivity index (χ1n) is 6.14. The fourth-order valence-corrected chi connectivity index (χ4v) is 4.67. The number of hydrogen-bond acceptors (Lipinski definition) is 3. The van der Waals surface area contributed by atoms with Gasteiger partial charge in [0.15, 0.2) is 0 Å². The molecule has 1 fully saturated rings. The third-order valence-corrected chi connectivity index (χ3v) is 5.70. The van der Waals surface area contributed by atoms with Gasteiger partial charge in [-0.25, -0.2) is 4.98 Å². The highest BCUT2D eigenvalue weighted by atomic mass is 127. The number of ether oxygens (including phenoxy) is 1. The maximum absolute atomic E-state index is 5.67. The van der Waals surface area contributed by atoms with Gasteiger partial charge in [0.05, 0.1) is 19.0 Å². The van der Waals surface area contributed by atoms with Crippen molar-refractivity contribution in [2.24, 2.45) is 5.92 Å². The van der Waals surface area contributed by atoms with Gasteiger partial charge >= 0.3 is 0 Å². The van der Waals surface area contributed by atoms with Crippen LogP contribution in [0, 0.1) is 9.49 Å². The summed E-state index contributed by atoms with van der Waals surface area (Å²) in [7, 11) is 0. The Morgan fingerprint density at radius 3 is 3.11 bits per heavy atom. The summed E-state index contributed by atoms with van der Waals surface area (Å²) in [6, 6.07) is 2.56. The average molecular weight is 374 g/mol. The molecule has 0 amide bonds. The van der Waals surface area contributed by atoms with Crippen LogP contribution in [0.1, 0.15) is 23.8 Å². The zero-order valence-electron chi connectivity index (χ0n) is 9.96. The minimum Gasteiger partial charge on any atom is -0.381 e. The zero-order chi connectivity index (χ0) is 12.4. The normalized spacial score (nSPS) is 21.9. The summed E-state index contributed by atoms with van der Waals surface area (Å²) >= 11 is 4.27. The van der Waals surface area contributed by atoms with E-state index in [1.54, 1.807) is 0 Å². The molecule has 0 aliphatic carbocycles. The number of aromatic nitrogens is 2. The Kier molecular flexibility index (Phi) is 4.00. The number of rotatable bonds is 3. The molecule has 2 aromatic rings. The van der Waals surface area contributed by atoms with E-state index in [4.69, 9.17) is 4.74 Å². The highest BCUT2D eigenvalue weighted by molar-refractivity contribution is 14.1. The van der Waals surface area contributed by atoms with Crippen LogP contribution in [0.25, 0.3) is 0 Å². The fraction of sp³-hybridized carbons (Fsp3) is 0.462. The molecular weight excluding hydrogens is 359 g/mol. The van der Waals surface area contributed by atoms with Gasteiger partial charge in [-0.2, -0.15) is 0 Å². The highest BCUT2D eigenvalue weighted by Gasteiger charge is 2.29. The van der Waals surface area contributed by atoms with Crippen LogP contribution >= 0.6 is 33.9 Å². The predicted octanol–water partition coefficient (Wildman–Crippen LogP) is 3.57. The summed E-state index contributed by atoms with van der Waals surface area (Å²) in [5.74, 6) is 0.556. The van der Waals surface area contributed by atoms with Gasteiger partial charge in [0.2, 0.25) is 0 Å². The average Bonchev–Trinajstić information content (AvgIpc) is 3.05. The first kappa shape index (κ1) is 12.6. The summed E-state index contributed by atoms with van der Waals surface area (Å²) in [6.45, 7) is 1.77. The zero-order valence-corrected chi connectivity index (χ0v) is 12.9. The van der Waals surface area contributed by atoms with Crippen molar-refractivity contribution in [3.8, 4) is 0 Å². The SMILES string of the molecule is Ic1ccsc1C(C1CCCOC1)n1ccnc1. The van der Waals surface area contributed by atoms with E-state index in [1.165, 1.54) is 14.9 Å². The third-order valence-electron chi connectivity index (χ3n) is 3.40. The van der Waals surface area contributed by atoms with E-state index < -0.39 is 0 Å². The largest absolute Gasteiger partial charge is 0.381 e. The molecule has 18 heavy (non-hydrogen) atoms. The topological polar surface area (TPSA) is 27.1 Å². The summed E-state index contributed by atoms with van der Waals surface area (Å²) in [5.41, 5.74) is 0. The minimum absolute atomic E-state index is 0.375. The molecule has 3 heterocycles. The Hall–Kier alpha value is -0.400. The molecule has 0 radical (unpaired) electrons. The van der Waals surface area contributed by atoms with Crippen molar-refractivity contribution in [3.63, 3.8) is 0 Å². The van der Waals surface area contributed by atoms with Crippen molar-refractivity contribution in [2.75, 3.05) is 13.2 Å². The lowest BCUT2D eigenvalue weighted by Crippen LogP contribution is -2.27. The van der Waals surface area contributed by atoms with E-state index in [-0.39, 0.29) is 0 Å². The molecule has 2 atom stereocenters. The van der Waals surface area contributed by atoms with Crippen molar-refractivity contribution in [1.29, 1.82) is 0 Å². The summed E-state index contributed by atoms with van der Waals surface area (Å²) in [6.07, 6.45) is 8.25. The smallest absolute Gasteiger partial charge is 0.0952 e. The Balaban J connectivity index is 1.96. The molecule has 0 bridgehead atoms. The lowest BCUT2D eigenvalue weighted by Gasteiger charge is -2.30. The number of thiophene rings is 1. The second-order valence-electron chi connectivity index (χ2n) is 4.56. The van der Waals surface area contributed by atoms with E-state index >= 15 is 0 Å². The summed E-state index contributed by atoms with van der Waals surface area (Å²) < 4.78 is 9.25. The van der Waals surface area contributed by atoms with Crippen LogP contribution in [0.5, 0.6) is 0 Å². The van der Waals surface area contributed by atoms with Crippen LogP contribution < -0.4 is 0 Å². The summed E-state index contributed by atoms with van der Waals surface area (Å²) in [4.78, 5) is 5.64. The molecule has 2 aromatic heterocycles. The van der Waals surface area contributed by atoms with Crippen LogP contribution in [-0.2, 0) is 4.74 Å². The molecule has 96 valence electrons. The quantitative estimate of drug-likeness (QED) is 0.769.